The first-order valence-electron chi connectivity index (χ1n) is 2.21. The number of hydrogen-bond acceptors (Lipinski definition) is 1. The van der Waals surface area contributed by atoms with Gasteiger partial charge in [0.05, 0.1) is 0 Å². The van der Waals surface area contributed by atoms with Gasteiger partial charge in [-0.2, -0.15) is 0 Å². The molecule has 1 aliphatic rings. The van der Waals surface area contributed by atoms with Gasteiger partial charge in [-0.15, -0.1) is 13.1 Å². The first-order chi connectivity index (χ1) is 3.00. The zero-order chi connectivity index (χ0) is 4.24. The van der Waals surface area contributed by atoms with Crippen LogP contribution in [0.1, 0.15) is 0 Å². The van der Waals surface area contributed by atoms with Crippen molar-refractivity contribution >= 4 is 0 Å². The summed E-state index contributed by atoms with van der Waals surface area (Å²) in [7, 11) is 0. The molecule has 7 heavy (non-hydrogen) atoms. The van der Waals surface area contributed by atoms with Crippen molar-refractivity contribution in [2.75, 3.05) is 26.3 Å². The van der Waals surface area contributed by atoms with Crippen molar-refractivity contribution in [1.82, 2.24) is 0 Å². The van der Waals surface area contributed by atoms with Crippen molar-refractivity contribution in [3.63, 3.8) is 0 Å². The Kier molecular flexibility index (Phi) is 5.06. The van der Waals surface area contributed by atoms with E-state index in [1.165, 1.54) is 0 Å². The second-order valence-corrected chi connectivity index (χ2v) is 1.28. The van der Waals surface area contributed by atoms with Crippen molar-refractivity contribution in [2.24, 2.45) is 0 Å². The maximum absolute atomic E-state index is 4.98. The minimum Gasteiger partial charge on any atom is -0.659 e. The number of nitrogens with zero attached hydrogens (tertiary/aromatic N) is 1. The summed E-state index contributed by atoms with van der Waals surface area (Å²) in [6.07, 6.45) is 0. The minimum absolute atomic E-state index is 0. The molecule has 1 heterocycles. The monoisotopic (exact) mass is 188 g/mol. The molecule has 3 heteroatoms. The van der Waals surface area contributed by atoms with Crippen LogP contribution in [0.2, 0.25) is 0 Å². The van der Waals surface area contributed by atoms with Crippen LogP contribution in [0.15, 0.2) is 0 Å². The first-order valence-corrected chi connectivity index (χ1v) is 2.21. The van der Waals surface area contributed by atoms with E-state index in [0.717, 1.165) is 26.3 Å². The number of hydrogen-bond donors (Lipinski definition) is 0. The average molecular weight is 187 g/mol. The standard InChI is InChI=1S/C4H8NO.Ru/c1-3-6-4-2-5-1;/h1-4H2;/q-1;+1. The van der Waals surface area contributed by atoms with E-state index in [9.17, 15) is 0 Å². The summed E-state index contributed by atoms with van der Waals surface area (Å²) in [5.41, 5.74) is 0. The zero-order valence-corrected chi connectivity index (χ0v) is 5.78. The van der Waals surface area contributed by atoms with Gasteiger partial charge in [0.1, 0.15) is 0 Å². The van der Waals surface area contributed by atoms with Crippen molar-refractivity contribution in [3.8, 4) is 0 Å². The summed E-state index contributed by atoms with van der Waals surface area (Å²) in [6, 6.07) is 0. The smallest absolute Gasteiger partial charge is 0.659 e. The molecule has 0 aliphatic carbocycles. The maximum atomic E-state index is 4.98. The molecule has 1 aliphatic heterocycles. The summed E-state index contributed by atoms with van der Waals surface area (Å²) in [5.74, 6) is 0. The average Bonchev–Trinajstić information content (AvgIpc) is 1.72. The van der Waals surface area contributed by atoms with Crippen LogP contribution in [0.4, 0.5) is 0 Å². The van der Waals surface area contributed by atoms with Gasteiger partial charge in [0.25, 0.3) is 0 Å². The Labute approximate surface area is 56.4 Å². The van der Waals surface area contributed by atoms with Crippen LogP contribution in [-0.2, 0) is 24.2 Å². The Balaban J connectivity index is 0.000000360. The maximum Gasteiger partial charge on any atom is 1.00 e. The van der Waals surface area contributed by atoms with Gasteiger partial charge in [-0.1, -0.05) is 0 Å². The molecule has 1 saturated heterocycles. The van der Waals surface area contributed by atoms with Crippen molar-refractivity contribution in [3.05, 3.63) is 5.32 Å². The van der Waals surface area contributed by atoms with Crippen molar-refractivity contribution in [1.29, 1.82) is 0 Å². The summed E-state index contributed by atoms with van der Waals surface area (Å²) in [6.45, 7) is 3.47. The molecule has 0 aromatic heterocycles. The predicted octanol–water partition coefficient (Wildman–Crippen LogP) is 0.388. The third-order valence-electron chi connectivity index (χ3n) is 0.787. The Morgan fingerprint density at radius 3 is 1.86 bits per heavy atom. The van der Waals surface area contributed by atoms with Gasteiger partial charge >= 0.3 is 19.5 Å². The van der Waals surface area contributed by atoms with Crippen LogP contribution in [0, 0.1) is 0 Å². The molecule has 1 rings (SSSR count). The molecule has 0 aromatic carbocycles. The SMILES string of the molecule is C1COCC[N-]1.[Ru+]. The Morgan fingerprint density at radius 1 is 1.14 bits per heavy atom. The molecule has 2 nitrogen and oxygen atoms in total. The molecule has 1 fully saturated rings. The van der Waals surface area contributed by atoms with Gasteiger partial charge in [0.15, 0.2) is 0 Å². The number of ether oxygens (including phenoxy) is 1. The van der Waals surface area contributed by atoms with Crippen molar-refractivity contribution in [2.45, 2.75) is 0 Å². The Bertz CT molecular complexity index is 27.2. The van der Waals surface area contributed by atoms with E-state index in [4.69, 9.17) is 4.74 Å². The van der Waals surface area contributed by atoms with Gasteiger partial charge < -0.3 is 10.1 Å². The van der Waals surface area contributed by atoms with E-state index in [1.807, 2.05) is 0 Å². The van der Waals surface area contributed by atoms with Gasteiger partial charge in [0.2, 0.25) is 0 Å². The second-order valence-electron chi connectivity index (χ2n) is 1.28. The fraction of sp³-hybridized carbons (Fsp3) is 1.00. The molecule has 0 bridgehead atoms. The van der Waals surface area contributed by atoms with Crippen LogP contribution in [0.5, 0.6) is 0 Å². The fourth-order valence-electron chi connectivity index (χ4n) is 0.472. The van der Waals surface area contributed by atoms with Gasteiger partial charge in [0, 0.05) is 13.2 Å². The quantitative estimate of drug-likeness (QED) is 0.503. The molecule has 0 saturated carbocycles. The number of rotatable bonds is 0. The summed E-state index contributed by atoms with van der Waals surface area (Å²) in [5, 5.41) is 4.05. The normalized spacial score (nSPS) is 20.6. The third kappa shape index (κ3) is 3.15. The molecular weight excluding hydrogens is 179 g/mol. The van der Waals surface area contributed by atoms with E-state index in [0.29, 0.717) is 0 Å². The predicted molar refractivity (Wildman–Crippen MR) is 23.9 cm³/mol. The van der Waals surface area contributed by atoms with E-state index >= 15 is 0 Å². The Morgan fingerprint density at radius 2 is 1.71 bits per heavy atom. The minimum atomic E-state index is 0. The molecule has 0 unspecified atom stereocenters. The molecular formula is C4H8NORu. The van der Waals surface area contributed by atoms with Crippen molar-refractivity contribution < 1.29 is 24.2 Å². The van der Waals surface area contributed by atoms with Gasteiger partial charge in [-0.05, 0) is 0 Å². The first kappa shape index (κ1) is 7.54. The largest absolute Gasteiger partial charge is 1.00 e. The Hall–Kier alpha value is 0.543. The van der Waals surface area contributed by atoms with E-state index in [2.05, 4.69) is 5.32 Å². The molecule has 1 radical (unpaired) electrons. The van der Waals surface area contributed by atoms with Crippen LogP contribution in [-0.4, -0.2) is 26.3 Å². The summed E-state index contributed by atoms with van der Waals surface area (Å²) < 4.78 is 4.98. The van der Waals surface area contributed by atoms with Gasteiger partial charge in [-0.25, -0.2) is 0 Å². The topological polar surface area (TPSA) is 23.3 Å². The van der Waals surface area contributed by atoms with E-state index < -0.39 is 0 Å². The molecule has 43 valence electrons. The molecule has 0 aromatic rings. The third-order valence-corrected chi connectivity index (χ3v) is 0.787. The molecule has 0 atom stereocenters. The van der Waals surface area contributed by atoms with Crippen LogP contribution < -0.4 is 0 Å². The summed E-state index contributed by atoms with van der Waals surface area (Å²) in [4.78, 5) is 0. The zero-order valence-electron chi connectivity index (χ0n) is 4.04. The van der Waals surface area contributed by atoms with Gasteiger partial charge in [-0.3, -0.25) is 0 Å². The van der Waals surface area contributed by atoms with Crippen LogP contribution in [0.25, 0.3) is 5.32 Å². The molecule has 0 N–H and O–H groups in total. The molecule has 0 amide bonds. The number of morpholine rings is 1. The van der Waals surface area contributed by atoms with Crippen LogP contribution >= 0.6 is 0 Å². The van der Waals surface area contributed by atoms with Crippen LogP contribution in [0.3, 0.4) is 0 Å². The fourth-order valence-corrected chi connectivity index (χ4v) is 0.472. The van der Waals surface area contributed by atoms with E-state index in [-0.39, 0.29) is 19.5 Å². The van der Waals surface area contributed by atoms with E-state index in [1.54, 1.807) is 0 Å². The summed E-state index contributed by atoms with van der Waals surface area (Å²) >= 11 is 0. The second kappa shape index (κ2) is 4.70. The molecule has 0 spiro atoms.